The zero-order chi connectivity index (χ0) is 17.4. The van der Waals surface area contributed by atoms with Crippen LogP contribution in [-0.2, 0) is 4.79 Å². The molecule has 7 heteroatoms. The van der Waals surface area contributed by atoms with Gasteiger partial charge in [0.15, 0.2) is 5.69 Å². The third kappa shape index (κ3) is 2.89. The van der Waals surface area contributed by atoms with Crippen LogP contribution in [0.5, 0.6) is 0 Å². The number of hydrogen-bond donors (Lipinski definition) is 1. The first-order valence-electron chi connectivity index (χ1n) is 7.97. The highest BCUT2D eigenvalue weighted by Crippen LogP contribution is 2.20. The summed E-state index contributed by atoms with van der Waals surface area (Å²) < 4.78 is 0. The van der Waals surface area contributed by atoms with Crippen molar-refractivity contribution in [1.29, 1.82) is 0 Å². The quantitative estimate of drug-likeness (QED) is 0.914. The highest BCUT2D eigenvalue weighted by atomic mass is 16.2. The molecular formula is C17H21N5O2. The van der Waals surface area contributed by atoms with Gasteiger partial charge in [-0.1, -0.05) is 17.7 Å². The van der Waals surface area contributed by atoms with E-state index in [4.69, 9.17) is 5.73 Å². The van der Waals surface area contributed by atoms with E-state index in [1.807, 2.05) is 32.0 Å². The molecule has 1 aromatic carbocycles. The Bertz CT molecular complexity index is 811. The van der Waals surface area contributed by atoms with Gasteiger partial charge in [0, 0.05) is 13.1 Å². The lowest BCUT2D eigenvalue weighted by Crippen LogP contribution is -2.32. The standard InChI is InChI=1S/C17H21N5O2/c1-10-4-5-14(11(2)8-10)22-19-12(3)15(20-22)17(24)21-7-6-13(9-21)16(18)23/h4-5,8,13H,6-7,9H2,1-3H3,(H2,18,23). The van der Waals surface area contributed by atoms with Gasteiger partial charge in [0.05, 0.1) is 17.3 Å². The summed E-state index contributed by atoms with van der Waals surface area (Å²) in [7, 11) is 0. The number of amides is 2. The van der Waals surface area contributed by atoms with Crippen LogP contribution in [0.25, 0.3) is 5.69 Å². The number of rotatable bonds is 3. The molecule has 0 spiro atoms. The van der Waals surface area contributed by atoms with Gasteiger partial charge in [-0.15, -0.1) is 5.10 Å². The molecule has 1 aliphatic heterocycles. The molecule has 0 aliphatic carbocycles. The molecule has 126 valence electrons. The van der Waals surface area contributed by atoms with Crippen LogP contribution in [0.15, 0.2) is 18.2 Å². The Morgan fingerprint density at radius 3 is 2.58 bits per heavy atom. The fraction of sp³-hybridized carbons (Fsp3) is 0.412. The predicted octanol–water partition coefficient (Wildman–Crippen LogP) is 1.14. The molecule has 24 heavy (non-hydrogen) atoms. The Labute approximate surface area is 140 Å². The summed E-state index contributed by atoms with van der Waals surface area (Å²) in [5.74, 6) is -0.836. The molecule has 0 saturated carbocycles. The summed E-state index contributed by atoms with van der Waals surface area (Å²) in [4.78, 5) is 27.1. The number of carbonyl (C=O) groups excluding carboxylic acids is 2. The number of carbonyl (C=O) groups is 2. The highest BCUT2D eigenvalue weighted by molar-refractivity contribution is 5.94. The molecule has 0 radical (unpaired) electrons. The molecule has 2 heterocycles. The van der Waals surface area contributed by atoms with E-state index in [1.165, 1.54) is 4.80 Å². The average Bonchev–Trinajstić information content (AvgIpc) is 3.13. The molecule has 2 N–H and O–H groups in total. The summed E-state index contributed by atoms with van der Waals surface area (Å²) >= 11 is 0. The third-order valence-corrected chi connectivity index (χ3v) is 4.43. The topological polar surface area (TPSA) is 94.1 Å². The van der Waals surface area contributed by atoms with E-state index in [9.17, 15) is 9.59 Å². The molecular weight excluding hydrogens is 306 g/mol. The van der Waals surface area contributed by atoms with Crippen molar-refractivity contribution in [2.24, 2.45) is 11.7 Å². The first kappa shape index (κ1) is 16.2. The average molecular weight is 327 g/mol. The second-order valence-electron chi connectivity index (χ2n) is 6.35. The Morgan fingerprint density at radius 2 is 1.96 bits per heavy atom. The Morgan fingerprint density at radius 1 is 1.21 bits per heavy atom. The Balaban J connectivity index is 1.87. The largest absolute Gasteiger partial charge is 0.369 e. The lowest BCUT2D eigenvalue weighted by atomic mass is 10.1. The van der Waals surface area contributed by atoms with Crippen molar-refractivity contribution >= 4 is 11.8 Å². The van der Waals surface area contributed by atoms with Gasteiger partial charge in [-0.3, -0.25) is 9.59 Å². The van der Waals surface area contributed by atoms with Gasteiger partial charge < -0.3 is 10.6 Å². The summed E-state index contributed by atoms with van der Waals surface area (Å²) in [6.45, 7) is 6.64. The molecule has 7 nitrogen and oxygen atoms in total. The van der Waals surface area contributed by atoms with E-state index in [2.05, 4.69) is 10.2 Å². The van der Waals surface area contributed by atoms with Crippen molar-refractivity contribution in [3.63, 3.8) is 0 Å². The summed E-state index contributed by atoms with van der Waals surface area (Å²) in [6, 6.07) is 5.98. The van der Waals surface area contributed by atoms with Crippen LogP contribution < -0.4 is 5.73 Å². The van der Waals surface area contributed by atoms with E-state index in [1.54, 1.807) is 11.8 Å². The molecule has 2 aromatic rings. The normalized spacial score (nSPS) is 17.3. The summed E-state index contributed by atoms with van der Waals surface area (Å²) in [6.07, 6.45) is 0.603. The lowest BCUT2D eigenvalue weighted by Gasteiger charge is -2.14. The van der Waals surface area contributed by atoms with Crippen LogP contribution in [0, 0.1) is 26.7 Å². The fourth-order valence-corrected chi connectivity index (χ4v) is 3.04. The van der Waals surface area contributed by atoms with E-state index < -0.39 is 0 Å². The molecule has 1 aliphatic rings. The van der Waals surface area contributed by atoms with E-state index in [0.29, 0.717) is 30.9 Å². The van der Waals surface area contributed by atoms with Crippen molar-refractivity contribution in [2.45, 2.75) is 27.2 Å². The smallest absolute Gasteiger partial charge is 0.276 e. The maximum absolute atomic E-state index is 12.7. The Hall–Kier alpha value is -2.70. The van der Waals surface area contributed by atoms with Gasteiger partial charge in [-0.05, 0) is 38.8 Å². The van der Waals surface area contributed by atoms with Crippen molar-refractivity contribution in [3.8, 4) is 5.69 Å². The number of benzene rings is 1. The van der Waals surface area contributed by atoms with Crippen LogP contribution in [0.3, 0.4) is 0 Å². The van der Waals surface area contributed by atoms with Crippen LogP contribution in [0.2, 0.25) is 0 Å². The lowest BCUT2D eigenvalue weighted by molar-refractivity contribution is -0.121. The van der Waals surface area contributed by atoms with Gasteiger partial charge in [-0.25, -0.2) is 0 Å². The Kier molecular flexibility index (Phi) is 4.09. The molecule has 0 bridgehead atoms. The summed E-state index contributed by atoms with van der Waals surface area (Å²) in [5.41, 5.74) is 9.27. The van der Waals surface area contributed by atoms with Gasteiger partial charge in [0.25, 0.3) is 5.91 Å². The molecule has 1 aromatic heterocycles. The van der Waals surface area contributed by atoms with E-state index in [0.717, 1.165) is 16.8 Å². The number of hydrogen-bond acceptors (Lipinski definition) is 4. The molecule has 3 rings (SSSR count). The number of nitrogens with zero attached hydrogens (tertiary/aromatic N) is 4. The molecule has 1 atom stereocenters. The van der Waals surface area contributed by atoms with Crippen molar-refractivity contribution in [1.82, 2.24) is 19.9 Å². The van der Waals surface area contributed by atoms with Crippen molar-refractivity contribution in [2.75, 3.05) is 13.1 Å². The minimum absolute atomic E-state index is 0.202. The number of likely N-dealkylation sites (tertiary alicyclic amines) is 1. The monoisotopic (exact) mass is 327 g/mol. The second kappa shape index (κ2) is 6.07. The predicted molar refractivity (Wildman–Crippen MR) is 88.8 cm³/mol. The molecule has 2 amide bonds. The fourth-order valence-electron chi connectivity index (χ4n) is 3.04. The minimum atomic E-state index is -0.360. The van der Waals surface area contributed by atoms with Crippen LogP contribution in [0.1, 0.15) is 33.7 Å². The SMILES string of the molecule is Cc1ccc(-n2nc(C)c(C(=O)N3CCC(C(N)=O)C3)n2)c(C)c1. The third-order valence-electron chi connectivity index (χ3n) is 4.43. The van der Waals surface area contributed by atoms with Gasteiger partial charge in [0.1, 0.15) is 0 Å². The second-order valence-corrected chi connectivity index (χ2v) is 6.35. The minimum Gasteiger partial charge on any atom is -0.369 e. The van der Waals surface area contributed by atoms with Crippen molar-refractivity contribution < 1.29 is 9.59 Å². The highest BCUT2D eigenvalue weighted by Gasteiger charge is 2.32. The maximum Gasteiger partial charge on any atom is 0.276 e. The van der Waals surface area contributed by atoms with Gasteiger partial charge >= 0.3 is 0 Å². The van der Waals surface area contributed by atoms with E-state index >= 15 is 0 Å². The first-order chi connectivity index (χ1) is 11.4. The van der Waals surface area contributed by atoms with Crippen molar-refractivity contribution in [3.05, 3.63) is 40.7 Å². The number of primary amides is 1. The van der Waals surface area contributed by atoms with Crippen LogP contribution in [0.4, 0.5) is 0 Å². The molecule has 1 unspecified atom stereocenters. The zero-order valence-electron chi connectivity index (χ0n) is 14.1. The van der Waals surface area contributed by atoms with E-state index in [-0.39, 0.29) is 17.7 Å². The number of aromatic nitrogens is 3. The van der Waals surface area contributed by atoms with Gasteiger partial charge in [-0.2, -0.15) is 9.90 Å². The van der Waals surface area contributed by atoms with Crippen LogP contribution >= 0.6 is 0 Å². The molecule has 1 saturated heterocycles. The maximum atomic E-state index is 12.7. The van der Waals surface area contributed by atoms with Crippen LogP contribution in [-0.4, -0.2) is 44.8 Å². The van der Waals surface area contributed by atoms with Gasteiger partial charge in [0.2, 0.25) is 5.91 Å². The zero-order valence-corrected chi connectivity index (χ0v) is 14.1. The first-order valence-corrected chi connectivity index (χ1v) is 7.97. The number of aryl methyl sites for hydroxylation is 3. The summed E-state index contributed by atoms with van der Waals surface area (Å²) in [5, 5.41) is 8.77. The number of nitrogens with two attached hydrogens (primary N) is 1. The molecule has 1 fully saturated rings.